The summed E-state index contributed by atoms with van der Waals surface area (Å²) in [5.74, 6) is -0.859. The number of benzene rings is 1. The molecule has 0 fully saturated rings. The number of hydrogen-bond acceptors (Lipinski definition) is 1. The molecule has 0 saturated heterocycles. The molecule has 0 aliphatic rings. The van der Waals surface area contributed by atoms with Gasteiger partial charge < -0.3 is 18.7 Å². The Bertz CT molecular complexity index is 342. The maximum Gasteiger partial charge on any atom is 1.00 e. The van der Waals surface area contributed by atoms with Gasteiger partial charge in [0, 0.05) is 5.56 Å². The summed E-state index contributed by atoms with van der Waals surface area (Å²) in [6.45, 7) is -5.06. The minimum absolute atomic E-state index is 0. The van der Waals surface area contributed by atoms with Crippen LogP contribution in [-0.4, -0.2) is 12.9 Å². The second-order valence-electron chi connectivity index (χ2n) is 2.56. The van der Waals surface area contributed by atoms with Crippen LogP contribution in [0.3, 0.4) is 0 Å². The van der Waals surface area contributed by atoms with Gasteiger partial charge in [0.25, 0.3) is 0 Å². The molecule has 2 nitrogen and oxygen atoms in total. The molecule has 14 heavy (non-hydrogen) atoms. The van der Waals surface area contributed by atoms with Crippen molar-refractivity contribution >= 4 is 18.3 Å². The van der Waals surface area contributed by atoms with Gasteiger partial charge in [-0.15, -0.1) is 5.46 Å². The molecular formula is C7H6BF3KNO. The summed E-state index contributed by atoms with van der Waals surface area (Å²) in [6, 6.07) is 4.06. The van der Waals surface area contributed by atoms with Crippen LogP contribution in [0, 0.1) is 0 Å². The van der Waals surface area contributed by atoms with Crippen LogP contribution in [0.1, 0.15) is 10.4 Å². The molecule has 0 aromatic heterocycles. The first-order valence-corrected chi connectivity index (χ1v) is 3.51. The molecule has 0 radical (unpaired) electrons. The number of nitrogens with two attached hydrogens (primary N) is 1. The van der Waals surface area contributed by atoms with Gasteiger partial charge in [-0.2, -0.15) is 0 Å². The van der Waals surface area contributed by atoms with E-state index in [1.165, 1.54) is 6.07 Å². The van der Waals surface area contributed by atoms with E-state index in [0.29, 0.717) is 0 Å². The molecule has 1 aromatic rings. The van der Waals surface area contributed by atoms with Crippen molar-refractivity contribution in [3.63, 3.8) is 0 Å². The van der Waals surface area contributed by atoms with Crippen molar-refractivity contribution < 1.29 is 69.1 Å². The fourth-order valence-electron chi connectivity index (χ4n) is 0.896. The zero-order valence-corrected chi connectivity index (χ0v) is 10.6. The minimum atomic E-state index is -5.06. The van der Waals surface area contributed by atoms with E-state index in [1.54, 1.807) is 0 Å². The molecule has 70 valence electrons. The molecule has 0 heterocycles. The molecule has 0 bridgehead atoms. The molecule has 0 aliphatic heterocycles. The van der Waals surface area contributed by atoms with Crippen LogP contribution in [-0.2, 0) is 0 Å². The van der Waals surface area contributed by atoms with Gasteiger partial charge >= 0.3 is 58.4 Å². The van der Waals surface area contributed by atoms with Gasteiger partial charge in [-0.3, -0.25) is 4.79 Å². The Morgan fingerprint density at radius 3 is 2.29 bits per heavy atom. The van der Waals surface area contributed by atoms with Crippen LogP contribution in [0.15, 0.2) is 24.3 Å². The molecule has 1 amide bonds. The first kappa shape index (κ1) is 14.2. The molecule has 0 aliphatic carbocycles. The van der Waals surface area contributed by atoms with Gasteiger partial charge in [0.2, 0.25) is 5.91 Å². The van der Waals surface area contributed by atoms with Crippen LogP contribution in [0.25, 0.3) is 0 Å². The second-order valence-corrected chi connectivity index (χ2v) is 2.56. The van der Waals surface area contributed by atoms with Crippen molar-refractivity contribution in [1.29, 1.82) is 0 Å². The SMILES string of the molecule is NC(=O)c1cccc([B-](F)(F)F)c1.[K+]. The molecule has 0 saturated carbocycles. The topological polar surface area (TPSA) is 43.1 Å². The minimum Gasteiger partial charge on any atom is -0.445 e. The third kappa shape index (κ3) is 3.74. The molecule has 0 atom stereocenters. The summed E-state index contributed by atoms with van der Waals surface area (Å²) in [5.41, 5.74) is 3.89. The summed E-state index contributed by atoms with van der Waals surface area (Å²) in [6.07, 6.45) is 0. The second kappa shape index (κ2) is 5.32. The Morgan fingerprint density at radius 2 is 1.86 bits per heavy atom. The number of amides is 1. The van der Waals surface area contributed by atoms with Gasteiger partial charge in [-0.05, 0) is 6.07 Å². The van der Waals surface area contributed by atoms with Gasteiger partial charge in [0.1, 0.15) is 0 Å². The maximum atomic E-state index is 12.1. The molecule has 0 unspecified atom stereocenters. The fraction of sp³-hybridized carbons (Fsp3) is 0. The predicted molar refractivity (Wildman–Crippen MR) is 43.7 cm³/mol. The van der Waals surface area contributed by atoms with E-state index in [9.17, 15) is 17.7 Å². The quantitative estimate of drug-likeness (QED) is 0.575. The van der Waals surface area contributed by atoms with Gasteiger partial charge in [0.15, 0.2) is 0 Å². The van der Waals surface area contributed by atoms with Crippen LogP contribution >= 0.6 is 0 Å². The van der Waals surface area contributed by atoms with Crippen molar-refractivity contribution in [1.82, 2.24) is 0 Å². The molecule has 7 heteroatoms. The van der Waals surface area contributed by atoms with Crippen molar-refractivity contribution in [2.45, 2.75) is 0 Å². The number of hydrogen-bond donors (Lipinski definition) is 1. The third-order valence-corrected chi connectivity index (χ3v) is 1.55. The first-order chi connectivity index (χ1) is 5.91. The average Bonchev–Trinajstić information content (AvgIpc) is 2.03. The maximum absolute atomic E-state index is 12.1. The average molecular weight is 227 g/mol. The van der Waals surface area contributed by atoms with Crippen molar-refractivity contribution in [2.24, 2.45) is 5.73 Å². The largest absolute Gasteiger partial charge is 1.00 e. The smallest absolute Gasteiger partial charge is 0.445 e. The Labute approximate surface area is 122 Å². The summed E-state index contributed by atoms with van der Waals surface area (Å²) in [4.78, 5) is 10.5. The predicted octanol–water partition coefficient (Wildman–Crippen LogP) is -2.16. The van der Waals surface area contributed by atoms with E-state index in [2.05, 4.69) is 0 Å². The summed E-state index contributed by atoms with van der Waals surface area (Å²) < 4.78 is 36.4. The Balaban J connectivity index is 0.00000169. The van der Waals surface area contributed by atoms with Crippen LogP contribution in [0.5, 0.6) is 0 Å². The molecule has 1 aromatic carbocycles. The molecule has 0 spiro atoms. The Hall–Kier alpha value is 0.181. The number of carbonyl (C=O) groups is 1. The van der Waals surface area contributed by atoms with Crippen molar-refractivity contribution in [2.75, 3.05) is 0 Å². The summed E-state index contributed by atoms with van der Waals surface area (Å²) in [7, 11) is 0. The van der Waals surface area contributed by atoms with Crippen LogP contribution in [0.4, 0.5) is 12.9 Å². The zero-order chi connectivity index (χ0) is 10.1. The monoisotopic (exact) mass is 227 g/mol. The standard InChI is InChI=1S/C7H6BF3NO.K/c9-8(10,11)6-3-1-2-5(4-6)7(12)13;/h1-4H,(H2,12,13);/q-1;+1. The van der Waals surface area contributed by atoms with E-state index in [4.69, 9.17) is 5.73 Å². The Kier molecular flexibility index (Phi) is 5.38. The van der Waals surface area contributed by atoms with Crippen LogP contribution in [0.2, 0.25) is 0 Å². The molecular weight excluding hydrogens is 221 g/mol. The van der Waals surface area contributed by atoms with Crippen LogP contribution < -0.4 is 62.6 Å². The molecule has 2 N–H and O–H groups in total. The van der Waals surface area contributed by atoms with Gasteiger partial charge in [-0.25, -0.2) is 0 Å². The number of halogens is 3. The van der Waals surface area contributed by atoms with E-state index in [1.807, 2.05) is 0 Å². The number of rotatable bonds is 2. The van der Waals surface area contributed by atoms with E-state index in [0.717, 1.165) is 18.2 Å². The summed E-state index contributed by atoms with van der Waals surface area (Å²) in [5, 5.41) is 0. The van der Waals surface area contributed by atoms with Gasteiger partial charge in [0.05, 0.1) is 0 Å². The number of primary amides is 1. The Morgan fingerprint density at radius 1 is 1.29 bits per heavy atom. The zero-order valence-electron chi connectivity index (χ0n) is 7.51. The van der Waals surface area contributed by atoms with Crippen molar-refractivity contribution in [3.05, 3.63) is 29.8 Å². The number of carbonyl (C=O) groups excluding carboxylic acids is 1. The van der Waals surface area contributed by atoms with E-state index < -0.39 is 18.3 Å². The first-order valence-electron chi connectivity index (χ1n) is 3.51. The van der Waals surface area contributed by atoms with Crippen molar-refractivity contribution in [3.8, 4) is 0 Å². The van der Waals surface area contributed by atoms with E-state index in [-0.39, 0.29) is 56.9 Å². The summed E-state index contributed by atoms with van der Waals surface area (Å²) >= 11 is 0. The fourth-order valence-corrected chi connectivity index (χ4v) is 0.896. The molecule has 1 rings (SSSR count). The third-order valence-electron chi connectivity index (χ3n) is 1.55. The normalized spacial score (nSPS) is 10.5. The van der Waals surface area contributed by atoms with Gasteiger partial charge in [-0.1, -0.05) is 18.2 Å². The van der Waals surface area contributed by atoms with E-state index >= 15 is 0 Å².